The van der Waals surface area contributed by atoms with Gasteiger partial charge in [-0.2, -0.15) is 4.31 Å². The second kappa shape index (κ2) is 9.47. The van der Waals surface area contributed by atoms with Gasteiger partial charge in [0.2, 0.25) is 15.9 Å². The van der Waals surface area contributed by atoms with Gasteiger partial charge in [-0.1, -0.05) is 12.1 Å². The maximum Gasteiger partial charge on any atom is 0.414 e. The number of anilines is 3. The lowest BCUT2D eigenvalue weighted by atomic mass is 10.2. The summed E-state index contributed by atoms with van der Waals surface area (Å²) in [6, 6.07) is 10.7. The van der Waals surface area contributed by atoms with Gasteiger partial charge in [-0.05, 0) is 30.3 Å². The molecule has 0 spiro atoms. The van der Waals surface area contributed by atoms with E-state index >= 15 is 0 Å². The molecule has 2 aromatic rings. The van der Waals surface area contributed by atoms with Gasteiger partial charge in [-0.3, -0.25) is 9.69 Å². The van der Waals surface area contributed by atoms with Crippen LogP contribution in [0.15, 0.2) is 47.4 Å². The first-order chi connectivity index (χ1) is 16.2. The summed E-state index contributed by atoms with van der Waals surface area (Å²) < 4.78 is 47.4. The third kappa shape index (κ3) is 4.77. The Kier molecular flexibility index (Phi) is 6.62. The fourth-order valence-corrected chi connectivity index (χ4v) is 5.58. The third-order valence-corrected chi connectivity index (χ3v) is 7.78. The molecule has 0 bridgehead atoms. The van der Waals surface area contributed by atoms with Gasteiger partial charge in [0.15, 0.2) is 0 Å². The summed E-state index contributed by atoms with van der Waals surface area (Å²) in [4.78, 5) is 26.4. The minimum absolute atomic E-state index is 0.0632. The highest BCUT2D eigenvalue weighted by atomic mass is 32.2. The van der Waals surface area contributed by atoms with E-state index in [1.165, 1.54) is 34.3 Å². The molecule has 2 aliphatic rings. The smallest absolute Gasteiger partial charge is 0.414 e. The van der Waals surface area contributed by atoms with Crippen molar-refractivity contribution in [2.24, 2.45) is 0 Å². The van der Waals surface area contributed by atoms with E-state index in [0.717, 1.165) is 0 Å². The molecule has 4 rings (SSSR count). The molecule has 0 saturated carbocycles. The number of hydrogen-bond acceptors (Lipinski definition) is 7. The molecular formula is C22H26FN5O5S. The van der Waals surface area contributed by atoms with Crippen molar-refractivity contribution in [1.82, 2.24) is 9.62 Å². The van der Waals surface area contributed by atoms with Gasteiger partial charge >= 0.3 is 6.09 Å². The molecule has 0 aromatic heterocycles. The second-order valence-electron chi connectivity index (χ2n) is 8.12. The highest BCUT2D eigenvalue weighted by Gasteiger charge is 2.34. The number of hydrogen-bond donors (Lipinski definition) is 2. The number of nitrogens with one attached hydrogen (secondary N) is 1. The van der Waals surface area contributed by atoms with E-state index in [-0.39, 0.29) is 42.7 Å². The summed E-state index contributed by atoms with van der Waals surface area (Å²) in [5.41, 5.74) is 6.70. The number of nitrogen functional groups attached to an aromatic ring is 1. The number of carbonyl (C=O) groups is 2. The second-order valence-corrected chi connectivity index (χ2v) is 10.0. The number of benzene rings is 2. The van der Waals surface area contributed by atoms with Gasteiger partial charge in [0.1, 0.15) is 16.8 Å². The summed E-state index contributed by atoms with van der Waals surface area (Å²) >= 11 is 0. The summed E-state index contributed by atoms with van der Waals surface area (Å²) in [6.07, 6.45) is -1.13. The molecule has 10 nitrogen and oxygen atoms in total. The molecule has 12 heteroatoms. The van der Waals surface area contributed by atoms with Crippen molar-refractivity contribution < 1.29 is 27.1 Å². The summed E-state index contributed by atoms with van der Waals surface area (Å²) in [7, 11) is -3.74. The van der Waals surface area contributed by atoms with Crippen LogP contribution in [0.25, 0.3) is 0 Å². The van der Waals surface area contributed by atoms with Crippen molar-refractivity contribution in [3.05, 3.63) is 48.3 Å². The lowest BCUT2D eigenvalue weighted by Gasteiger charge is -2.35. The van der Waals surface area contributed by atoms with Crippen LogP contribution in [0.5, 0.6) is 0 Å². The molecule has 182 valence electrons. The number of halogens is 1. The van der Waals surface area contributed by atoms with Crippen molar-refractivity contribution in [1.29, 1.82) is 0 Å². The van der Waals surface area contributed by atoms with Crippen LogP contribution < -0.4 is 20.9 Å². The zero-order valence-electron chi connectivity index (χ0n) is 18.6. The Bertz CT molecular complexity index is 1200. The molecule has 2 fully saturated rings. The first-order valence-corrected chi connectivity index (χ1v) is 12.2. The normalized spacial score (nSPS) is 19.2. The molecule has 3 N–H and O–H groups in total. The monoisotopic (exact) mass is 491 g/mol. The van der Waals surface area contributed by atoms with Crippen molar-refractivity contribution >= 4 is 39.1 Å². The highest BCUT2D eigenvalue weighted by molar-refractivity contribution is 7.89. The largest absolute Gasteiger partial charge is 0.442 e. The number of carbonyl (C=O) groups excluding carboxylic acids is 2. The Morgan fingerprint density at radius 3 is 2.53 bits per heavy atom. The zero-order valence-corrected chi connectivity index (χ0v) is 19.4. The number of nitrogens with two attached hydrogens (primary N) is 1. The summed E-state index contributed by atoms with van der Waals surface area (Å²) in [6.45, 7) is 2.70. The molecule has 0 radical (unpaired) electrons. The van der Waals surface area contributed by atoms with Gasteiger partial charge in [0.25, 0.3) is 0 Å². The van der Waals surface area contributed by atoms with Crippen LogP contribution in [-0.4, -0.2) is 70.1 Å². The molecule has 2 amide bonds. The molecule has 0 unspecified atom stereocenters. The van der Waals surface area contributed by atoms with Crippen molar-refractivity contribution in [3.63, 3.8) is 0 Å². The first-order valence-electron chi connectivity index (χ1n) is 10.8. The predicted molar refractivity (Wildman–Crippen MR) is 125 cm³/mol. The van der Waals surface area contributed by atoms with Crippen LogP contribution in [0, 0.1) is 5.82 Å². The maximum atomic E-state index is 15.0. The van der Waals surface area contributed by atoms with Crippen LogP contribution in [-0.2, 0) is 19.6 Å². The summed E-state index contributed by atoms with van der Waals surface area (Å²) in [5.74, 6) is -0.760. The van der Waals surface area contributed by atoms with E-state index in [1.807, 2.05) is 0 Å². The average Bonchev–Trinajstić information content (AvgIpc) is 3.18. The lowest BCUT2D eigenvalue weighted by Crippen LogP contribution is -2.49. The number of amides is 2. The van der Waals surface area contributed by atoms with Crippen molar-refractivity contribution in [2.75, 3.05) is 54.8 Å². The molecular weight excluding hydrogens is 465 g/mol. The SMILES string of the molecule is CC(=O)NC[C@H]1CN(c2ccc(N3CCN(S(=O)(=O)c4ccccc4N)CC3)c(F)c2)C(=O)O1. The van der Waals surface area contributed by atoms with E-state index in [0.29, 0.717) is 24.5 Å². The topological polar surface area (TPSA) is 125 Å². The Hall–Kier alpha value is -3.38. The van der Waals surface area contributed by atoms with Crippen LogP contribution >= 0.6 is 0 Å². The number of para-hydroxylation sites is 1. The van der Waals surface area contributed by atoms with Crippen LogP contribution in [0.3, 0.4) is 0 Å². The Morgan fingerprint density at radius 2 is 1.88 bits per heavy atom. The molecule has 2 saturated heterocycles. The van der Waals surface area contributed by atoms with Gasteiger partial charge in [0.05, 0.1) is 30.2 Å². The van der Waals surface area contributed by atoms with E-state index in [2.05, 4.69) is 5.32 Å². The lowest BCUT2D eigenvalue weighted by molar-refractivity contribution is -0.119. The summed E-state index contributed by atoms with van der Waals surface area (Å²) in [5, 5.41) is 2.59. The van der Waals surface area contributed by atoms with E-state index in [1.54, 1.807) is 29.2 Å². The molecule has 2 aromatic carbocycles. The fourth-order valence-electron chi connectivity index (χ4n) is 4.04. The molecule has 34 heavy (non-hydrogen) atoms. The molecule has 1 atom stereocenters. The third-order valence-electron chi connectivity index (χ3n) is 5.81. The van der Waals surface area contributed by atoms with Crippen molar-refractivity contribution in [2.45, 2.75) is 17.9 Å². The van der Waals surface area contributed by atoms with Crippen LogP contribution in [0.2, 0.25) is 0 Å². The molecule has 0 aliphatic carbocycles. The molecule has 2 heterocycles. The number of cyclic esters (lactones) is 1. The van der Waals surface area contributed by atoms with E-state index in [4.69, 9.17) is 10.5 Å². The number of ether oxygens (including phenoxy) is 1. The van der Waals surface area contributed by atoms with Gasteiger partial charge in [-0.15, -0.1) is 0 Å². The minimum Gasteiger partial charge on any atom is -0.442 e. The van der Waals surface area contributed by atoms with Gasteiger partial charge in [0, 0.05) is 33.1 Å². The average molecular weight is 492 g/mol. The number of piperazine rings is 1. The van der Waals surface area contributed by atoms with E-state index < -0.39 is 28.0 Å². The van der Waals surface area contributed by atoms with Crippen LogP contribution in [0.4, 0.5) is 26.2 Å². The Labute approximate surface area is 197 Å². The zero-order chi connectivity index (χ0) is 24.5. The van der Waals surface area contributed by atoms with Crippen LogP contribution in [0.1, 0.15) is 6.92 Å². The quantitative estimate of drug-likeness (QED) is 0.585. The van der Waals surface area contributed by atoms with E-state index in [9.17, 15) is 22.4 Å². The Balaban J connectivity index is 1.41. The Morgan fingerprint density at radius 1 is 1.18 bits per heavy atom. The minimum atomic E-state index is -3.74. The number of rotatable bonds is 6. The highest BCUT2D eigenvalue weighted by Crippen LogP contribution is 2.30. The number of sulfonamides is 1. The van der Waals surface area contributed by atoms with Gasteiger partial charge < -0.3 is 20.7 Å². The maximum absolute atomic E-state index is 15.0. The van der Waals surface area contributed by atoms with Crippen molar-refractivity contribution in [3.8, 4) is 0 Å². The first kappa shape index (κ1) is 23.8. The predicted octanol–water partition coefficient (Wildman–Crippen LogP) is 1.38. The van der Waals surface area contributed by atoms with Gasteiger partial charge in [-0.25, -0.2) is 17.6 Å². The molecule has 2 aliphatic heterocycles. The standard InChI is InChI=1S/C22H26FN5O5S/c1-15(29)25-13-17-14-28(22(30)33-17)16-6-7-20(18(23)12-16)26-8-10-27(11-9-26)34(31,32)21-5-3-2-4-19(21)24/h2-7,12,17H,8-11,13-14,24H2,1H3,(H,25,29)/t17-/m0/s1. The fraction of sp³-hybridized carbons (Fsp3) is 0.364. The number of nitrogens with zero attached hydrogens (tertiary/aromatic N) is 3.